The van der Waals surface area contributed by atoms with Gasteiger partial charge in [-0.2, -0.15) is 0 Å². The van der Waals surface area contributed by atoms with Gasteiger partial charge in [-0.05, 0) is 17.9 Å². The van der Waals surface area contributed by atoms with Gasteiger partial charge in [-0.3, -0.25) is 24.0 Å². The highest BCUT2D eigenvalue weighted by atomic mass is 16.6. The number of methoxy groups -OCH3 is 1. The molecule has 2 heterocycles. The minimum absolute atomic E-state index is 0.0580. The summed E-state index contributed by atoms with van der Waals surface area (Å²) >= 11 is 0. The third kappa shape index (κ3) is 5.08. The van der Waals surface area contributed by atoms with Gasteiger partial charge in [-0.15, -0.1) is 0 Å². The van der Waals surface area contributed by atoms with Gasteiger partial charge in [0.05, 0.1) is 0 Å². The number of benzene rings is 1. The molecule has 0 spiro atoms. The van der Waals surface area contributed by atoms with Crippen LogP contribution in [0.2, 0.25) is 0 Å². The molecule has 1 atom stereocenters. The Hall–Kier alpha value is -3.40. The van der Waals surface area contributed by atoms with Crippen LogP contribution in [0.15, 0.2) is 45.1 Å². The van der Waals surface area contributed by atoms with Gasteiger partial charge in [0.2, 0.25) is 0 Å². The zero-order chi connectivity index (χ0) is 23.3. The predicted molar refractivity (Wildman–Crippen MR) is 122 cm³/mol. The SMILES string of the molecule is COCCCN(C(=O)C1=NOC(c2ccccc2)C1)c1c(N)n(CC(C)C)c(=O)[nH]c1=O. The topological polar surface area (TPSA) is 132 Å². The molecule has 0 bridgehead atoms. The fraction of sp³-hybridized carbons (Fsp3) is 0.455. The summed E-state index contributed by atoms with van der Waals surface area (Å²) in [6.07, 6.45) is 0.329. The summed E-state index contributed by atoms with van der Waals surface area (Å²) in [7, 11) is 1.55. The number of hydrogen-bond donors (Lipinski definition) is 2. The van der Waals surface area contributed by atoms with Crippen LogP contribution in [0.5, 0.6) is 0 Å². The van der Waals surface area contributed by atoms with E-state index in [-0.39, 0.29) is 42.2 Å². The van der Waals surface area contributed by atoms with E-state index in [0.717, 1.165) is 5.56 Å². The van der Waals surface area contributed by atoms with Crippen molar-refractivity contribution in [1.82, 2.24) is 9.55 Å². The monoisotopic (exact) mass is 443 g/mol. The number of nitrogens with two attached hydrogens (primary N) is 1. The molecule has 32 heavy (non-hydrogen) atoms. The summed E-state index contributed by atoms with van der Waals surface area (Å²) in [5.74, 6) is -0.450. The van der Waals surface area contributed by atoms with Crippen LogP contribution >= 0.6 is 0 Å². The molecule has 3 N–H and O–H groups in total. The number of rotatable bonds is 9. The standard InChI is InChI=1S/C22H29N5O5/c1-14(2)13-27-19(23)18(20(28)24-22(27)30)26(10-7-11-31-3)21(29)16-12-17(32-25-16)15-8-5-4-6-9-15/h4-6,8-9,14,17H,7,10-13,23H2,1-3H3,(H,24,28,30). The number of ether oxygens (including phenoxy) is 1. The van der Waals surface area contributed by atoms with Gasteiger partial charge < -0.3 is 15.3 Å². The molecule has 1 aromatic carbocycles. The van der Waals surface area contributed by atoms with Crippen molar-refractivity contribution in [3.8, 4) is 0 Å². The lowest BCUT2D eigenvalue weighted by molar-refractivity contribution is -0.112. The van der Waals surface area contributed by atoms with E-state index in [0.29, 0.717) is 19.6 Å². The minimum Gasteiger partial charge on any atom is -0.387 e. The van der Waals surface area contributed by atoms with Gasteiger partial charge in [0.15, 0.2) is 11.8 Å². The quantitative estimate of drug-likeness (QED) is 0.567. The van der Waals surface area contributed by atoms with Crippen molar-refractivity contribution in [2.24, 2.45) is 11.1 Å². The van der Waals surface area contributed by atoms with Crippen molar-refractivity contribution in [3.05, 3.63) is 56.7 Å². The second-order valence-electron chi connectivity index (χ2n) is 8.05. The Kier molecular flexibility index (Phi) is 7.47. The van der Waals surface area contributed by atoms with E-state index in [1.54, 1.807) is 7.11 Å². The summed E-state index contributed by atoms with van der Waals surface area (Å²) in [5, 5.41) is 3.99. The Morgan fingerprint density at radius 2 is 2.06 bits per heavy atom. The first-order valence-corrected chi connectivity index (χ1v) is 10.5. The number of carbonyl (C=O) groups is 1. The Balaban J connectivity index is 1.95. The fourth-order valence-electron chi connectivity index (χ4n) is 3.57. The number of oxime groups is 1. The van der Waals surface area contributed by atoms with E-state index in [1.807, 2.05) is 44.2 Å². The molecule has 1 unspecified atom stereocenters. The summed E-state index contributed by atoms with van der Waals surface area (Å²) < 4.78 is 6.37. The van der Waals surface area contributed by atoms with Crippen LogP contribution in [-0.4, -0.2) is 41.4 Å². The first kappa shape index (κ1) is 23.3. The average Bonchev–Trinajstić information content (AvgIpc) is 3.26. The van der Waals surface area contributed by atoms with Gasteiger partial charge in [0, 0.05) is 33.2 Å². The molecule has 1 aliphatic heterocycles. The van der Waals surface area contributed by atoms with Gasteiger partial charge in [0.25, 0.3) is 11.5 Å². The molecule has 0 fully saturated rings. The lowest BCUT2D eigenvalue weighted by atomic mass is 10.0. The molecule has 172 valence electrons. The molecule has 1 aromatic heterocycles. The lowest BCUT2D eigenvalue weighted by Gasteiger charge is -2.24. The van der Waals surface area contributed by atoms with Crippen molar-refractivity contribution in [3.63, 3.8) is 0 Å². The highest BCUT2D eigenvalue weighted by Gasteiger charge is 2.33. The molecule has 3 rings (SSSR count). The van der Waals surface area contributed by atoms with Crippen LogP contribution in [0.25, 0.3) is 0 Å². The first-order chi connectivity index (χ1) is 15.3. The summed E-state index contributed by atoms with van der Waals surface area (Å²) in [6, 6.07) is 9.45. The van der Waals surface area contributed by atoms with Gasteiger partial charge >= 0.3 is 5.69 Å². The Morgan fingerprint density at radius 3 is 2.72 bits per heavy atom. The average molecular weight is 444 g/mol. The molecular weight excluding hydrogens is 414 g/mol. The fourth-order valence-corrected chi connectivity index (χ4v) is 3.57. The number of aromatic nitrogens is 2. The number of hydrogen-bond acceptors (Lipinski definition) is 7. The largest absolute Gasteiger partial charge is 0.387 e. The molecule has 1 aliphatic rings. The van der Waals surface area contributed by atoms with E-state index in [1.165, 1.54) is 9.47 Å². The number of nitrogens with zero attached hydrogens (tertiary/aromatic N) is 3. The molecule has 10 nitrogen and oxygen atoms in total. The minimum atomic E-state index is -0.725. The number of aromatic amines is 1. The van der Waals surface area contributed by atoms with Crippen LogP contribution in [-0.2, 0) is 20.9 Å². The molecule has 1 amide bonds. The summed E-state index contributed by atoms with van der Waals surface area (Å²) in [5.41, 5.74) is 5.91. The normalized spacial score (nSPS) is 15.5. The molecule has 0 radical (unpaired) electrons. The molecular formula is C22H29N5O5. The molecule has 2 aromatic rings. The highest BCUT2D eigenvalue weighted by Crippen LogP contribution is 2.28. The van der Waals surface area contributed by atoms with Crippen molar-refractivity contribution in [1.29, 1.82) is 0 Å². The number of anilines is 2. The van der Waals surface area contributed by atoms with Crippen molar-refractivity contribution in [2.75, 3.05) is 30.9 Å². The van der Waals surface area contributed by atoms with Crippen LogP contribution in [0, 0.1) is 5.92 Å². The first-order valence-electron chi connectivity index (χ1n) is 10.5. The van der Waals surface area contributed by atoms with E-state index in [9.17, 15) is 14.4 Å². The Morgan fingerprint density at radius 1 is 1.34 bits per heavy atom. The third-order valence-electron chi connectivity index (χ3n) is 5.09. The van der Waals surface area contributed by atoms with E-state index in [2.05, 4.69) is 10.1 Å². The lowest BCUT2D eigenvalue weighted by Crippen LogP contribution is -2.44. The molecule has 10 heteroatoms. The second kappa shape index (κ2) is 10.3. The number of nitrogen functional groups attached to an aromatic ring is 1. The maximum atomic E-state index is 13.4. The number of amides is 1. The van der Waals surface area contributed by atoms with E-state index < -0.39 is 17.2 Å². The molecule has 0 aliphatic carbocycles. The van der Waals surface area contributed by atoms with Crippen molar-refractivity contribution < 1.29 is 14.4 Å². The van der Waals surface area contributed by atoms with Gasteiger partial charge in [0.1, 0.15) is 11.5 Å². The van der Waals surface area contributed by atoms with E-state index >= 15 is 0 Å². The van der Waals surface area contributed by atoms with Gasteiger partial charge in [-0.25, -0.2) is 4.79 Å². The molecule has 0 saturated carbocycles. The zero-order valence-corrected chi connectivity index (χ0v) is 18.5. The number of carbonyl (C=O) groups excluding carboxylic acids is 1. The van der Waals surface area contributed by atoms with Crippen LogP contribution in [0.4, 0.5) is 11.5 Å². The van der Waals surface area contributed by atoms with Crippen LogP contribution in [0.1, 0.15) is 38.4 Å². The van der Waals surface area contributed by atoms with Crippen molar-refractivity contribution in [2.45, 2.75) is 39.3 Å². The zero-order valence-electron chi connectivity index (χ0n) is 18.5. The maximum Gasteiger partial charge on any atom is 0.330 e. The van der Waals surface area contributed by atoms with Crippen LogP contribution in [0.3, 0.4) is 0 Å². The summed E-state index contributed by atoms with van der Waals surface area (Å²) in [4.78, 5) is 47.5. The molecule has 0 saturated heterocycles. The van der Waals surface area contributed by atoms with E-state index in [4.69, 9.17) is 15.3 Å². The second-order valence-corrected chi connectivity index (χ2v) is 8.05. The van der Waals surface area contributed by atoms with Crippen molar-refractivity contribution >= 4 is 23.1 Å². The number of H-pyrrole nitrogens is 1. The summed E-state index contributed by atoms with van der Waals surface area (Å²) in [6.45, 7) is 4.69. The Labute approximate surface area is 185 Å². The van der Waals surface area contributed by atoms with Gasteiger partial charge in [-0.1, -0.05) is 49.3 Å². The maximum absolute atomic E-state index is 13.4. The number of nitrogens with one attached hydrogen (secondary N) is 1. The Bertz CT molecular complexity index is 1090. The predicted octanol–water partition coefficient (Wildman–Crippen LogP) is 1.66. The smallest absolute Gasteiger partial charge is 0.330 e. The third-order valence-corrected chi connectivity index (χ3v) is 5.09. The highest BCUT2D eigenvalue weighted by molar-refractivity contribution is 6.44. The van der Waals surface area contributed by atoms with Crippen LogP contribution < -0.4 is 21.9 Å².